The van der Waals surface area contributed by atoms with E-state index >= 15 is 0 Å². The van der Waals surface area contributed by atoms with E-state index in [1.807, 2.05) is 0 Å². The van der Waals surface area contributed by atoms with Crippen LogP contribution in [0.15, 0.2) is 0 Å². The molecule has 0 saturated carbocycles. The van der Waals surface area contributed by atoms with Crippen LogP contribution in [0.1, 0.15) is 19.3 Å². The Morgan fingerprint density at radius 3 is 2.79 bits per heavy atom. The molecule has 0 spiro atoms. The van der Waals surface area contributed by atoms with E-state index in [0.717, 1.165) is 4.90 Å². The highest BCUT2D eigenvalue weighted by atomic mass is 16.4. The van der Waals surface area contributed by atoms with Crippen molar-refractivity contribution in [2.45, 2.75) is 37.5 Å². The first-order valence-electron chi connectivity index (χ1n) is 6.22. The number of urea groups is 1. The van der Waals surface area contributed by atoms with E-state index in [1.165, 1.54) is 0 Å². The van der Waals surface area contributed by atoms with Crippen LogP contribution < -0.4 is 10.6 Å². The van der Waals surface area contributed by atoms with Crippen molar-refractivity contribution in [2.24, 2.45) is 0 Å². The second-order valence-corrected chi connectivity index (χ2v) is 4.89. The van der Waals surface area contributed by atoms with Crippen LogP contribution >= 0.6 is 0 Å². The van der Waals surface area contributed by atoms with Gasteiger partial charge in [-0.15, -0.1) is 0 Å². The largest absolute Gasteiger partial charge is 0.480 e. The number of hydrogen-bond donors (Lipinski definition) is 4. The Morgan fingerprint density at radius 1 is 1.47 bits per heavy atom. The molecule has 2 saturated heterocycles. The molecule has 2 aliphatic rings. The van der Waals surface area contributed by atoms with Gasteiger partial charge in [-0.05, 0) is 6.42 Å². The number of aliphatic carboxylic acids is 1. The lowest BCUT2D eigenvalue weighted by Crippen LogP contribution is -2.49. The zero-order valence-corrected chi connectivity index (χ0v) is 10.3. The molecule has 2 rings (SSSR count). The average molecular weight is 271 g/mol. The van der Waals surface area contributed by atoms with Crippen LogP contribution in [0.5, 0.6) is 0 Å². The van der Waals surface area contributed by atoms with Gasteiger partial charge in [-0.2, -0.15) is 0 Å². The van der Waals surface area contributed by atoms with E-state index in [4.69, 9.17) is 5.11 Å². The molecule has 8 nitrogen and oxygen atoms in total. The Bertz CT molecular complexity index is 400. The van der Waals surface area contributed by atoms with Crippen LogP contribution in [-0.4, -0.2) is 64.3 Å². The topological polar surface area (TPSA) is 119 Å². The number of likely N-dealkylation sites (tertiary alicyclic amines) is 1. The van der Waals surface area contributed by atoms with Gasteiger partial charge in [0, 0.05) is 32.0 Å². The molecule has 2 heterocycles. The highest BCUT2D eigenvalue weighted by molar-refractivity contribution is 5.83. The minimum absolute atomic E-state index is 0.0137. The van der Waals surface area contributed by atoms with Gasteiger partial charge in [0.05, 0.1) is 6.10 Å². The smallest absolute Gasteiger partial charge is 0.326 e. The Morgan fingerprint density at radius 2 is 2.21 bits per heavy atom. The Balaban J connectivity index is 1.85. The fraction of sp³-hybridized carbons (Fsp3) is 0.727. The minimum atomic E-state index is -1.12. The molecule has 0 aromatic carbocycles. The number of carbonyl (C=O) groups excluding carboxylic acids is 2. The summed E-state index contributed by atoms with van der Waals surface area (Å²) in [6.07, 6.45) is 0.339. The SMILES string of the molecule is O=C1CCC(CNC(=O)N2C[C@H](O)C[C@H]2C(=O)O)N1. The van der Waals surface area contributed by atoms with Gasteiger partial charge in [-0.1, -0.05) is 0 Å². The molecule has 0 radical (unpaired) electrons. The summed E-state index contributed by atoms with van der Waals surface area (Å²) in [5, 5.41) is 23.7. The lowest BCUT2D eigenvalue weighted by molar-refractivity contribution is -0.141. The zero-order chi connectivity index (χ0) is 14.0. The van der Waals surface area contributed by atoms with Gasteiger partial charge in [-0.25, -0.2) is 9.59 Å². The van der Waals surface area contributed by atoms with Gasteiger partial charge < -0.3 is 25.7 Å². The molecule has 1 unspecified atom stereocenters. The van der Waals surface area contributed by atoms with Crippen LogP contribution in [0, 0.1) is 0 Å². The van der Waals surface area contributed by atoms with Gasteiger partial charge in [0.2, 0.25) is 5.91 Å². The monoisotopic (exact) mass is 271 g/mol. The van der Waals surface area contributed by atoms with Crippen molar-refractivity contribution in [3.05, 3.63) is 0 Å². The van der Waals surface area contributed by atoms with Crippen molar-refractivity contribution in [2.75, 3.05) is 13.1 Å². The number of hydrogen-bond acceptors (Lipinski definition) is 4. The summed E-state index contributed by atoms with van der Waals surface area (Å²) in [6.45, 7) is 0.281. The molecule has 106 valence electrons. The van der Waals surface area contributed by atoms with Crippen molar-refractivity contribution in [1.82, 2.24) is 15.5 Å². The Hall–Kier alpha value is -1.83. The molecule has 19 heavy (non-hydrogen) atoms. The van der Waals surface area contributed by atoms with Crippen molar-refractivity contribution >= 4 is 17.9 Å². The van der Waals surface area contributed by atoms with Crippen molar-refractivity contribution in [3.63, 3.8) is 0 Å². The molecule has 8 heteroatoms. The van der Waals surface area contributed by atoms with Crippen molar-refractivity contribution in [1.29, 1.82) is 0 Å². The number of nitrogens with one attached hydrogen (secondary N) is 2. The standard InChI is InChI=1S/C11H17N3O5/c15-7-3-8(10(17)18)14(5-7)11(19)12-4-6-1-2-9(16)13-6/h6-8,15H,1-5H2,(H,12,19)(H,13,16)(H,17,18)/t6?,7-,8+/m1/s1. The highest BCUT2D eigenvalue weighted by Gasteiger charge is 2.39. The number of carboxylic acids is 1. The van der Waals surface area contributed by atoms with Crippen molar-refractivity contribution < 1.29 is 24.6 Å². The molecule has 0 bridgehead atoms. The minimum Gasteiger partial charge on any atom is -0.480 e. The van der Waals surface area contributed by atoms with Gasteiger partial charge in [-0.3, -0.25) is 4.79 Å². The number of aliphatic hydroxyl groups is 1. The molecule has 0 aliphatic carbocycles. The highest BCUT2D eigenvalue weighted by Crippen LogP contribution is 2.18. The molecular weight excluding hydrogens is 254 g/mol. The first-order chi connectivity index (χ1) is 8.97. The quantitative estimate of drug-likeness (QED) is 0.498. The summed E-state index contributed by atoms with van der Waals surface area (Å²) < 4.78 is 0. The fourth-order valence-electron chi connectivity index (χ4n) is 2.41. The second kappa shape index (κ2) is 5.43. The van der Waals surface area contributed by atoms with E-state index < -0.39 is 24.1 Å². The van der Waals surface area contributed by atoms with Gasteiger partial charge in [0.15, 0.2) is 0 Å². The van der Waals surface area contributed by atoms with Crippen LogP contribution in [0.2, 0.25) is 0 Å². The van der Waals surface area contributed by atoms with Gasteiger partial charge in [0.1, 0.15) is 6.04 Å². The lowest BCUT2D eigenvalue weighted by atomic mass is 10.2. The maximum atomic E-state index is 11.9. The number of carbonyl (C=O) groups is 3. The third-order valence-corrected chi connectivity index (χ3v) is 3.41. The van der Waals surface area contributed by atoms with Gasteiger partial charge >= 0.3 is 12.0 Å². The Kier molecular flexibility index (Phi) is 3.89. The molecular formula is C11H17N3O5. The van der Waals surface area contributed by atoms with Crippen molar-refractivity contribution in [3.8, 4) is 0 Å². The Labute approximate surface area is 109 Å². The van der Waals surface area contributed by atoms with E-state index in [1.54, 1.807) is 0 Å². The number of β-amino-alcohol motifs (C(OH)–C–C–N with tert-alkyl or cyclic N) is 1. The van der Waals surface area contributed by atoms with Crippen LogP contribution in [0.3, 0.4) is 0 Å². The number of nitrogens with zero attached hydrogens (tertiary/aromatic N) is 1. The third-order valence-electron chi connectivity index (χ3n) is 3.41. The number of aliphatic hydroxyl groups excluding tert-OH is 1. The molecule has 2 fully saturated rings. The summed E-state index contributed by atoms with van der Waals surface area (Å²) in [7, 11) is 0. The molecule has 0 aromatic rings. The average Bonchev–Trinajstić information content (AvgIpc) is 2.92. The van der Waals surface area contributed by atoms with Crippen LogP contribution in [-0.2, 0) is 9.59 Å². The van der Waals surface area contributed by atoms with E-state index in [0.29, 0.717) is 12.8 Å². The molecule has 3 atom stereocenters. The van der Waals surface area contributed by atoms with E-state index in [2.05, 4.69) is 10.6 Å². The summed E-state index contributed by atoms with van der Waals surface area (Å²) in [6, 6.07) is -1.62. The number of carboxylic acid groups (broad SMARTS) is 1. The summed E-state index contributed by atoms with van der Waals surface area (Å²) >= 11 is 0. The zero-order valence-electron chi connectivity index (χ0n) is 10.3. The molecule has 0 aromatic heterocycles. The number of amides is 3. The fourth-order valence-corrected chi connectivity index (χ4v) is 2.41. The van der Waals surface area contributed by atoms with Gasteiger partial charge in [0.25, 0.3) is 0 Å². The summed E-state index contributed by atoms with van der Waals surface area (Å²) in [5.41, 5.74) is 0. The maximum Gasteiger partial charge on any atom is 0.326 e. The van der Waals surface area contributed by atoms with Crippen LogP contribution in [0.4, 0.5) is 4.79 Å². The maximum absolute atomic E-state index is 11.9. The predicted octanol–water partition coefficient (Wildman–Crippen LogP) is -1.51. The first kappa shape index (κ1) is 13.6. The normalized spacial score (nSPS) is 30.3. The van der Waals surface area contributed by atoms with E-state index in [9.17, 15) is 19.5 Å². The third kappa shape index (κ3) is 3.14. The lowest BCUT2D eigenvalue weighted by Gasteiger charge is -2.22. The first-order valence-corrected chi connectivity index (χ1v) is 6.22. The predicted molar refractivity (Wildman–Crippen MR) is 63.3 cm³/mol. The molecule has 3 amide bonds. The second-order valence-electron chi connectivity index (χ2n) is 4.89. The number of rotatable bonds is 3. The molecule has 4 N–H and O–H groups in total. The summed E-state index contributed by atoms with van der Waals surface area (Å²) in [5.74, 6) is -1.17. The van der Waals surface area contributed by atoms with Crippen LogP contribution in [0.25, 0.3) is 0 Å². The summed E-state index contributed by atoms with van der Waals surface area (Å²) in [4.78, 5) is 35.0. The molecule has 2 aliphatic heterocycles. The van der Waals surface area contributed by atoms with E-state index in [-0.39, 0.29) is 31.5 Å².